The third-order valence-electron chi connectivity index (χ3n) is 2.94. The monoisotopic (exact) mass is 301 g/mol. The van der Waals surface area contributed by atoms with E-state index in [1.165, 1.54) is 6.08 Å². The average Bonchev–Trinajstić information content (AvgIpc) is 2.92. The van der Waals surface area contributed by atoms with Crippen LogP contribution < -0.4 is 10.1 Å². The Balaban J connectivity index is 1.86. The number of hydrogen-bond donors (Lipinski definition) is 1. The molecule has 1 N–H and O–H groups in total. The Morgan fingerprint density at radius 1 is 1.27 bits per heavy atom. The van der Waals surface area contributed by atoms with E-state index in [2.05, 4.69) is 10.4 Å². The molecule has 0 unspecified atom stereocenters. The first-order valence-electron chi connectivity index (χ1n) is 6.88. The van der Waals surface area contributed by atoms with Crippen LogP contribution in [0.1, 0.15) is 5.69 Å². The topological polar surface area (TPSA) is 65.4 Å². The van der Waals surface area contributed by atoms with Gasteiger partial charge in [0.25, 0.3) is 0 Å². The van der Waals surface area contributed by atoms with Gasteiger partial charge in [0.15, 0.2) is 0 Å². The van der Waals surface area contributed by atoms with E-state index in [4.69, 9.17) is 9.47 Å². The molecule has 0 aliphatic carbocycles. The summed E-state index contributed by atoms with van der Waals surface area (Å²) in [5.41, 5.74) is 1.57. The van der Waals surface area contributed by atoms with Gasteiger partial charge in [0.05, 0.1) is 12.3 Å². The minimum Gasteiger partial charge on any atom is -0.491 e. The van der Waals surface area contributed by atoms with E-state index in [1.54, 1.807) is 48.3 Å². The van der Waals surface area contributed by atoms with Gasteiger partial charge in [0.2, 0.25) is 5.91 Å². The first-order chi connectivity index (χ1) is 10.7. The molecule has 22 heavy (non-hydrogen) atoms. The molecule has 116 valence electrons. The van der Waals surface area contributed by atoms with Gasteiger partial charge in [-0.25, -0.2) is 0 Å². The molecule has 0 saturated heterocycles. The van der Waals surface area contributed by atoms with E-state index in [9.17, 15) is 4.79 Å². The third kappa shape index (κ3) is 4.75. The van der Waals surface area contributed by atoms with Gasteiger partial charge >= 0.3 is 0 Å². The lowest BCUT2D eigenvalue weighted by Gasteiger charge is -2.07. The fourth-order valence-electron chi connectivity index (χ4n) is 1.77. The van der Waals surface area contributed by atoms with Gasteiger partial charge in [0.1, 0.15) is 12.4 Å². The summed E-state index contributed by atoms with van der Waals surface area (Å²) in [4.78, 5) is 11.8. The lowest BCUT2D eigenvalue weighted by molar-refractivity contribution is -0.111. The number of carbonyl (C=O) groups excluding carboxylic acids is 1. The summed E-state index contributed by atoms with van der Waals surface area (Å²) < 4.78 is 12.1. The highest BCUT2D eigenvalue weighted by Crippen LogP contribution is 2.15. The number of aromatic nitrogens is 2. The zero-order valence-corrected chi connectivity index (χ0v) is 12.7. The molecule has 6 nitrogen and oxygen atoms in total. The highest BCUT2D eigenvalue weighted by molar-refractivity contribution is 6.01. The Labute approximate surface area is 129 Å². The number of hydrogen-bond acceptors (Lipinski definition) is 4. The molecule has 0 radical (unpaired) electrons. The summed E-state index contributed by atoms with van der Waals surface area (Å²) in [5, 5.41) is 6.81. The predicted molar refractivity (Wildman–Crippen MR) is 84.7 cm³/mol. The van der Waals surface area contributed by atoms with E-state index < -0.39 is 0 Å². The number of rotatable bonds is 7. The average molecular weight is 301 g/mol. The summed E-state index contributed by atoms with van der Waals surface area (Å²) >= 11 is 0. The highest BCUT2D eigenvalue weighted by atomic mass is 16.5. The molecule has 0 bridgehead atoms. The van der Waals surface area contributed by atoms with Crippen molar-refractivity contribution in [2.45, 2.75) is 0 Å². The first kappa shape index (κ1) is 15.8. The van der Waals surface area contributed by atoms with Gasteiger partial charge in [-0.3, -0.25) is 9.48 Å². The maximum atomic E-state index is 11.8. The Morgan fingerprint density at radius 3 is 2.68 bits per heavy atom. The van der Waals surface area contributed by atoms with E-state index in [-0.39, 0.29) is 5.91 Å². The van der Waals surface area contributed by atoms with E-state index >= 15 is 0 Å². The number of methoxy groups -OCH3 is 1. The SMILES string of the molecule is COCCOc1ccc(NC(=O)/C=C\c2ccnn2C)cc1. The molecule has 1 aromatic carbocycles. The molecule has 2 rings (SSSR count). The Kier molecular flexibility index (Phi) is 5.73. The van der Waals surface area contributed by atoms with Crippen LogP contribution in [0.3, 0.4) is 0 Å². The third-order valence-corrected chi connectivity index (χ3v) is 2.94. The zero-order valence-electron chi connectivity index (χ0n) is 12.7. The van der Waals surface area contributed by atoms with Crippen LogP contribution in [0.15, 0.2) is 42.6 Å². The molecule has 1 amide bonds. The number of carbonyl (C=O) groups is 1. The van der Waals surface area contributed by atoms with Crippen molar-refractivity contribution in [3.05, 3.63) is 48.3 Å². The van der Waals surface area contributed by atoms with Crippen molar-refractivity contribution in [1.29, 1.82) is 0 Å². The van der Waals surface area contributed by atoms with Crippen molar-refractivity contribution in [3.63, 3.8) is 0 Å². The summed E-state index contributed by atoms with van der Waals surface area (Å²) in [5.74, 6) is 0.537. The standard InChI is InChI=1S/C16H19N3O3/c1-19-14(9-10-17-19)5-8-16(20)18-13-3-6-15(7-4-13)22-12-11-21-2/h3-10H,11-12H2,1-2H3,(H,18,20)/b8-5-. The summed E-state index contributed by atoms with van der Waals surface area (Å²) in [6.45, 7) is 1.03. The molecule has 0 aliphatic heterocycles. The van der Waals surface area contributed by atoms with Crippen LogP contribution in [0.5, 0.6) is 5.75 Å². The minimum atomic E-state index is -0.200. The number of amides is 1. The van der Waals surface area contributed by atoms with Gasteiger partial charge in [-0.15, -0.1) is 0 Å². The minimum absolute atomic E-state index is 0.200. The van der Waals surface area contributed by atoms with Crippen molar-refractivity contribution in [2.24, 2.45) is 7.05 Å². The largest absolute Gasteiger partial charge is 0.491 e. The van der Waals surface area contributed by atoms with Gasteiger partial charge < -0.3 is 14.8 Å². The number of aryl methyl sites for hydroxylation is 1. The van der Waals surface area contributed by atoms with Crippen LogP contribution in [0.25, 0.3) is 6.08 Å². The van der Waals surface area contributed by atoms with Crippen LogP contribution in [0.2, 0.25) is 0 Å². The molecule has 0 spiro atoms. The van der Waals surface area contributed by atoms with Gasteiger partial charge in [-0.1, -0.05) is 0 Å². The van der Waals surface area contributed by atoms with E-state index in [1.807, 2.05) is 13.1 Å². The Bertz CT molecular complexity index is 632. The number of nitrogens with zero attached hydrogens (tertiary/aromatic N) is 2. The zero-order chi connectivity index (χ0) is 15.8. The van der Waals surface area contributed by atoms with Crippen molar-refractivity contribution >= 4 is 17.7 Å². The molecular weight excluding hydrogens is 282 g/mol. The summed E-state index contributed by atoms with van der Waals surface area (Å²) in [6.07, 6.45) is 4.87. The maximum absolute atomic E-state index is 11.8. The highest BCUT2D eigenvalue weighted by Gasteiger charge is 2.00. The molecular formula is C16H19N3O3. The maximum Gasteiger partial charge on any atom is 0.248 e. The lowest BCUT2D eigenvalue weighted by Crippen LogP contribution is -2.08. The second-order valence-electron chi connectivity index (χ2n) is 4.57. The van der Waals surface area contributed by atoms with Gasteiger partial charge in [0, 0.05) is 32.1 Å². The molecule has 0 atom stereocenters. The van der Waals surface area contributed by atoms with Crippen LogP contribution in [0.4, 0.5) is 5.69 Å². The molecule has 1 aromatic heterocycles. The predicted octanol–water partition coefficient (Wildman–Crippen LogP) is 2.10. The summed E-state index contributed by atoms with van der Waals surface area (Å²) in [6, 6.07) is 9.01. The Hall–Kier alpha value is -2.60. The van der Waals surface area contributed by atoms with Gasteiger partial charge in [-0.2, -0.15) is 5.10 Å². The van der Waals surface area contributed by atoms with Crippen LogP contribution in [0, 0.1) is 0 Å². The number of anilines is 1. The molecule has 0 fully saturated rings. The molecule has 0 aliphatic rings. The second-order valence-corrected chi connectivity index (χ2v) is 4.57. The number of ether oxygens (including phenoxy) is 2. The van der Waals surface area contributed by atoms with Crippen LogP contribution in [-0.4, -0.2) is 36.0 Å². The van der Waals surface area contributed by atoms with E-state index in [0.29, 0.717) is 18.9 Å². The van der Waals surface area contributed by atoms with Crippen LogP contribution in [-0.2, 0) is 16.6 Å². The normalized spacial score (nSPS) is 10.8. The van der Waals surface area contributed by atoms with E-state index in [0.717, 1.165) is 11.4 Å². The van der Waals surface area contributed by atoms with Crippen molar-refractivity contribution in [3.8, 4) is 5.75 Å². The summed E-state index contributed by atoms with van der Waals surface area (Å²) in [7, 11) is 3.45. The number of nitrogens with one attached hydrogen (secondary N) is 1. The van der Waals surface area contributed by atoms with Crippen molar-refractivity contribution in [2.75, 3.05) is 25.6 Å². The molecule has 2 aromatic rings. The lowest BCUT2D eigenvalue weighted by atomic mass is 10.3. The quantitative estimate of drug-likeness (QED) is 0.628. The van der Waals surface area contributed by atoms with Crippen molar-refractivity contribution in [1.82, 2.24) is 9.78 Å². The number of benzene rings is 1. The van der Waals surface area contributed by atoms with Gasteiger partial charge in [-0.05, 0) is 36.4 Å². The van der Waals surface area contributed by atoms with Crippen molar-refractivity contribution < 1.29 is 14.3 Å². The smallest absolute Gasteiger partial charge is 0.248 e. The molecule has 0 saturated carbocycles. The second kappa shape index (κ2) is 7.99. The Morgan fingerprint density at radius 2 is 2.05 bits per heavy atom. The van der Waals surface area contributed by atoms with Crippen LogP contribution >= 0.6 is 0 Å². The molecule has 6 heteroatoms. The fourth-order valence-corrected chi connectivity index (χ4v) is 1.77. The molecule has 1 heterocycles. The fraction of sp³-hybridized carbons (Fsp3) is 0.250. The first-order valence-corrected chi connectivity index (χ1v) is 6.88.